The number of aromatic nitrogens is 2. The summed E-state index contributed by atoms with van der Waals surface area (Å²) in [5.41, 5.74) is 3.72. The maximum atomic E-state index is 12.0. The number of nitrogens with zero attached hydrogens (tertiary/aromatic N) is 1. The number of nitrogens with one attached hydrogen (secondary N) is 2. The van der Waals surface area contributed by atoms with E-state index in [9.17, 15) is 9.90 Å². The van der Waals surface area contributed by atoms with E-state index in [2.05, 4.69) is 15.5 Å². The van der Waals surface area contributed by atoms with Crippen LogP contribution in [0.15, 0.2) is 24.3 Å². The second kappa shape index (κ2) is 8.67. The summed E-state index contributed by atoms with van der Waals surface area (Å²) in [5, 5.41) is 20.1. The van der Waals surface area contributed by atoms with Gasteiger partial charge >= 0.3 is 0 Å². The van der Waals surface area contributed by atoms with Crippen molar-refractivity contribution in [2.45, 2.75) is 52.7 Å². The number of aliphatic hydroxyl groups excluding tert-OH is 1. The van der Waals surface area contributed by atoms with Crippen LogP contribution in [-0.2, 0) is 11.2 Å². The Kier molecular flexibility index (Phi) is 6.58. The highest BCUT2D eigenvalue weighted by Crippen LogP contribution is 2.20. The molecule has 1 aromatic heterocycles. The van der Waals surface area contributed by atoms with Crippen LogP contribution in [0.1, 0.15) is 48.9 Å². The minimum Gasteiger partial charge on any atom is -0.491 e. The lowest BCUT2D eigenvalue weighted by molar-refractivity contribution is -0.121. The molecule has 0 fully saturated rings. The van der Waals surface area contributed by atoms with Gasteiger partial charge in [0.25, 0.3) is 0 Å². The van der Waals surface area contributed by atoms with E-state index in [1.54, 1.807) is 6.07 Å². The van der Waals surface area contributed by atoms with Crippen molar-refractivity contribution < 1.29 is 14.6 Å². The van der Waals surface area contributed by atoms with Gasteiger partial charge < -0.3 is 15.2 Å². The van der Waals surface area contributed by atoms with Gasteiger partial charge in [0.05, 0.1) is 17.9 Å². The Labute approximate surface area is 148 Å². The quantitative estimate of drug-likeness (QED) is 0.686. The fourth-order valence-electron chi connectivity index (χ4n) is 2.66. The Morgan fingerprint density at radius 1 is 1.36 bits per heavy atom. The molecule has 0 bridgehead atoms. The first kappa shape index (κ1) is 19.0. The van der Waals surface area contributed by atoms with Crippen molar-refractivity contribution >= 4 is 5.91 Å². The van der Waals surface area contributed by atoms with Crippen molar-refractivity contribution in [3.63, 3.8) is 0 Å². The van der Waals surface area contributed by atoms with Gasteiger partial charge in [-0.2, -0.15) is 5.10 Å². The van der Waals surface area contributed by atoms with Gasteiger partial charge in [0.1, 0.15) is 5.75 Å². The number of aryl methyl sites for hydroxylation is 2. The summed E-state index contributed by atoms with van der Waals surface area (Å²) in [5.74, 6) is 0.623. The van der Waals surface area contributed by atoms with Crippen LogP contribution in [0.2, 0.25) is 0 Å². The second-order valence-corrected chi connectivity index (χ2v) is 6.47. The zero-order chi connectivity index (χ0) is 18.4. The lowest BCUT2D eigenvalue weighted by Gasteiger charge is -2.15. The maximum Gasteiger partial charge on any atom is 0.220 e. The largest absolute Gasteiger partial charge is 0.491 e. The number of carbonyl (C=O) groups is 1. The molecule has 0 spiro atoms. The van der Waals surface area contributed by atoms with E-state index < -0.39 is 6.10 Å². The van der Waals surface area contributed by atoms with Gasteiger partial charge in [0.15, 0.2) is 0 Å². The highest BCUT2D eigenvalue weighted by molar-refractivity contribution is 5.76. The Bertz CT molecular complexity index is 690. The summed E-state index contributed by atoms with van der Waals surface area (Å²) < 4.78 is 5.63. The summed E-state index contributed by atoms with van der Waals surface area (Å²) in [6.07, 6.45) is 0.303. The number of hydrogen-bond donors (Lipinski definition) is 3. The van der Waals surface area contributed by atoms with Gasteiger partial charge in [-0.05, 0) is 57.4 Å². The molecule has 0 radical (unpaired) electrons. The summed E-state index contributed by atoms with van der Waals surface area (Å²) in [6, 6.07) is 7.31. The zero-order valence-corrected chi connectivity index (χ0v) is 15.3. The van der Waals surface area contributed by atoms with Crippen LogP contribution in [-0.4, -0.2) is 33.9 Å². The van der Waals surface area contributed by atoms with Crippen LogP contribution in [0.3, 0.4) is 0 Å². The third-order valence-corrected chi connectivity index (χ3v) is 3.99. The van der Waals surface area contributed by atoms with Gasteiger partial charge in [0.2, 0.25) is 5.91 Å². The molecule has 1 aromatic carbocycles. The molecule has 2 rings (SSSR count). The number of amides is 1. The molecular formula is C19H27N3O3. The predicted octanol–water partition coefficient (Wildman–Crippen LogP) is 2.60. The molecule has 1 unspecified atom stereocenters. The van der Waals surface area contributed by atoms with Gasteiger partial charge in [-0.3, -0.25) is 9.89 Å². The van der Waals surface area contributed by atoms with Crippen LogP contribution in [0.25, 0.3) is 0 Å². The molecule has 0 aliphatic carbocycles. The van der Waals surface area contributed by atoms with E-state index >= 15 is 0 Å². The number of ether oxygens (including phenoxy) is 1. The van der Waals surface area contributed by atoms with Crippen molar-refractivity contribution in [2.24, 2.45) is 0 Å². The molecule has 136 valence electrons. The van der Waals surface area contributed by atoms with E-state index in [1.807, 2.05) is 45.9 Å². The minimum absolute atomic E-state index is 0.0712. The average molecular weight is 345 g/mol. The molecule has 3 N–H and O–H groups in total. The molecule has 1 amide bonds. The van der Waals surface area contributed by atoms with Gasteiger partial charge in [0, 0.05) is 18.7 Å². The second-order valence-electron chi connectivity index (χ2n) is 6.47. The smallest absolute Gasteiger partial charge is 0.220 e. The minimum atomic E-state index is -0.767. The molecule has 25 heavy (non-hydrogen) atoms. The van der Waals surface area contributed by atoms with Crippen molar-refractivity contribution in [1.82, 2.24) is 15.5 Å². The fourth-order valence-corrected chi connectivity index (χ4v) is 2.66. The van der Waals surface area contributed by atoms with E-state index in [0.717, 1.165) is 22.5 Å². The van der Waals surface area contributed by atoms with Crippen LogP contribution < -0.4 is 10.1 Å². The Morgan fingerprint density at radius 3 is 2.76 bits per heavy atom. The maximum absolute atomic E-state index is 12.0. The fraction of sp³-hybridized carbons (Fsp3) is 0.474. The Hall–Kier alpha value is -2.34. The van der Waals surface area contributed by atoms with Crippen LogP contribution in [0.4, 0.5) is 0 Å². The standard InChI is InChI=1S/C19H27N3O3/c1-12(2)25-16-7-5-6-15(10-16)18(23)11-20-19(24)9-8-17-13(3)21-22-14(17)4/h5-7,10,12,18,23H,8-9,11H2,1-4H3,(H,20,24)(H,21,22). The first-order valence-corrected chi connectivity index (χ1v) is 8.58. The topological polar surface area (TPSA) is 87.2 Å². The first-order valence-electron chi connectivity index (χ1n) is 8.58. The normalized spacial score (nSPS) is 12.2. The van der Waals surface area contributed by atoms with E-state index in [-0.39, 0.29) is 18.6 Å². The third kappa shape index (κ3) is 5.60. The summed E-state index contributed by atoms with van der Waals surface area (Å²) in [7, 11) is 0. The Morgan fingerprint density at radius 2 is 2.12 bits per heavy atom. The number of carbonyl (C=O) groups excluding carboxylic acids is 1. The van der Waals surface area contributed by atoms with Crippen molar-refractivity contribution in [2.75, 3.05) is 6.54 Å². The van der Waals surface area contributed by atoms with Crippen molar-refractivity contribution in [3.05, 3.63) is 46.8 Å². The predicted molar refractivity (Wildman–Crippen MR) is 96.6 cm³/mol. The lowest BCUT2D eigenvalue weighted by atomic mass is 10.1. The molecular weight excluding hydrogens is 318 g/mol. The molecule has 2 aromatic rings. The highest BCUT2D eigenvalue weighted by Gasteiger charge is 2.12. The van der Waals surface area contributed by atoms with E-state index in [1.165, 1.54) is 0 Å². The SMILES string of the molecule is Cc1n[nH]c(C)c1CCC(=O)NCC(O)c1cccc(OC(C)C)c1. The molecule has 0 saturated carbocycles. The van der Waals surface area contributed by atoms with Crippen molar-refractivity contribution in [1.29, 1.82) is 0 Å². The average Bonchev–Trinajstić information content (AvgIpc) is 2.88. The molecule has 6 heteroatoms. The highest BCUT2D eigenvalue weighted by atomic mass is 16.5. The summed E-state index contributed by atoms with van der Waals surface area (Å²) >= 11 is 0. The molecule has 0 aliphatic heterocycles. The lowest BCUT2D eigenvalue weighted by Crippen LogP contribution is -2.28. The van der Waals surface area contributed by atoms with Crippen LogP contribution in [0.5, 0.6) is 5.75 Å². The number of H-pyrrole nitrogens is 1. The molecule has 1 atom stereocenters. The molecule has 1 heterocycles. The number of hydrogen-bond acceptors (Lipinski definition) is 4. The zero-order valence-electron chi connectivity index (χ0n) is 15.3. The van der Waals surface area contributed by atoms with Crippen molar-refractivity contribution in [3.8, 4) is 5.75 Å². The van der Waals surface area contributed by atoms with Crippen LogP contribution >= 0.6 is 0 Å². The first-order chi connectivity index (χ1) is 11.9. The summed E-state index contributed by atoms with van der Waals surface area (Å²) in [6.45, 7) is 7.95. The summed E-state index contributed by atoms with van der Waals surface area (Å²) in [4.78, 5) is 12.0. The van der Waals surface area contributed by atoms with E-state index in [4.69, 9.17) is 4.74 Å². The van der Waals surface area contributed by atoms with Gasteiger partial charge in [-0.1, -0.05) is 12.1 Å². The van der Waals surface area contributed by atoms with Crippen LogP contribution in [0, 0.1) is 13.8 Å². The molecule has 0 aliphatic rings. The molecule has 6 nitrogen and oxygen atoms in total. The van der Waals surface area contributed by atoms with E-state index in [0.29, 0.717) is 18.6 Å². The number of aromatic amines is 1. The van der Waals surface area contributed by atoms with Gasteiger partial charge in [-0.25, -0.2) is 0 Å². The monoisotopic (exact) mass is 345 g/mol. The van der Waals surface area contributed by atoms with Gasteiger partial charge in [-0.15, -0.1) is 0 Å². The number of rotatable bonds is 8. The molecule has 0 saturated heterocycles. The Balaban J connectivity index is 1.83. The number of aliphatic hydroxyl groups is 1. The third-order valence-electron chi connectivity index (χ3n) is 3.99. The number of benzene rings is 1.